The molecule has 1 rings (SSSR count). The molecule has 1 heterocycles. The van der Waals surface area contributed by atoms with Crippen molar-refractivity contribution >= 4 is 17.4 Å². The minimum atomic E-state index is -0.0262. The van der Waals surface area contributed by atoms with Crippen LogP contribution in [-0.2, 0) is 16.1 Å². The summed E-state index contributed by atoms with van der Waals surface area (Å²) in [4.78, 5) is 11.1. The average Bonchev–Trinajstić information content (AvgIpc) is 2.31. The minimum absolute atomic E-state index is 0.0262. The third-order valence-corrected chi connectivity index (χ3v) is 1.90. The fourth-order valence-electron chi connectivity index (χ4n) is 0.962. The Morgan fingerprint density at radius 3 is 2.92 bits per heavy atom. The van der Waals surface area contributed by atoms with Crippen molar-refractivity contribution in [2.45, 2.75) is 13.5 Å². The van der Waals surface area contributed by atoms with Gasteiger partial charge in [-0.2, -0.15) is 5.10 Å². The molecule has 0 saturated carbocycles. The van der Waals surface area contributed by atoms with E-state index in [2.05, 4.69) is 9.84 Å². The molecule has 0 radical (unpaired) electrons. The van der Waals surface area contributed by atoms with Gasteiger partial charge in [0.1, 0.15) is 13.2 Å². The van der Waals surface area contributed by atoms with E-state index in [-0.39, 0.29) is 18.9 Å². The molecule has 0 aliphatic carbocycles. The normalized spacial score (nSPS) is 10.4. The van der Waals surface area contributed by atoms with E-state index in [1.807, 2.05) is 0 Å². The van der Waals surface area contributed by atoms with E-state index in [9.17, 15) is 4.79 Å². The van der Waals surface area contributed by atoms with E-state index in [0.29, 0.717) is 5.02 Å². The number of ketones is 1. The van der Waals surface area contributed by atoms with Gasteiger partial charge < -0.3 is 4.74 Å². The van der Waals surface area contributed by atoms with Crippen LogP contribution in [0.1, 0.15) is 5.69 Å². The van der Waals surface area contributed by atoms with E-state index < -0.39 is 0 Å². The van der Waals surface area contributed by atoms with Gasteiger partial charge in [-0.3, -0.25) is 9.48 Å². The monoisotopic (exact) mass is 202 g/mol. The van der Waals surface area contributed by atoms with Crippen molar-refractivity contribution in [2.75, 3.05) is 13.7 Å². The summed E-state index contributed by atoms with van der Waals surface area (Å²) in [6, 6.07) is 0. The zero-order valence-corrected chi connectivity index (χ0v) is 8.34. The molecule has 13 heavy (non-hydrogen) atoms. The Morgan fingerprint density at radius 1 is 1.77 bits per heavy atom. The Kier molecular flexibility index (Phi) is 3.45. The number of halogens is 1. The van der Waals surface area contributed by atoms with E-state index in [1.54, 1.807) is 13.1 Å². The van der Waals surface area contributed by atoms with Gasteiger partial charge in [0, 0.05) is 13.3 Å². The lowest BCUT2D eigenvalue weighted by Gasteiger charge is -1.98. The number of hydrogen-bond acceptors (Lipinski definition) is 3. The molecule has 0 aliphatic heterocycles. The highest BCUT2D eigenvalue weighted by molar-refractivity contribution is 6.31. The van der Waals surface area contributed by atoms with Gasteiger partial charge in [-0.25, -0.2) is 0 Å². The molecule has 0 bridgehead atoms. The van der Waals surface area contributed by atoms with Crippen molar-refractivity contribution in [2.24, 2.45) is 0 Å². The lowest BCUT2D eigenvalue weighted by molar-refractivity contribution is -0.123. The van der Waals surface area contributed by atoms with Gasteiger partial charge >= 0.3 is 0 Å². The molecule has 0 N–H and O–H groups in total. The van der Waals surface area contributed by atoms with Crippen molar-refractivity contribution in [3.05, 3.63) is 16.9 Å². The minimum Gasteiger partial charge on any atom is -0.377 e. The summed E-state index contributed by atoms with van der Waals surface area (Å²) in [5.74, 6) is -0.0262. The molecule has 0 aromatic carbocycles. The molecule has 5 heteroatoms. The molecule has 0 unspecified atom stereocenters. The zero-order valence-electron chi connectivity index (χ0n) is 7.58. The number of methoxy groups -OCH3 is 1. The predicted octanol–water partition coefficient (Wildman–Crippen LogP) is 1.06. The maximum atomic E-state index is 11.1. The van der Waals surface area contributed by atoms with Crippen LogP contribution in [0.4, 0.5) is 0 Å². The number of nitrogens with zero attached hydrogens (tertiary/aromatic N) is 2. The second-order valence-corrected chi connectivity index (χ2v) is 3.14. The zero-order chi connectivity index (χ0) is 9.84. The first-order valence-electron chi connectivity index (χ1n) is 3.83. The number of aryl methyl sites for hydroxylation is 1. The molecule has 4 nitrogen and oxygen atoms in total. The number of rotatable bonds is 4. The van der Waals surface area contributed by atoms with Crippen LogP contribution in [0.25, 0.3) is 0 Å². The number of Topliss-reactive ketones (excluding diaryl/α,β-unsaturated/α-hetero) is 1. The van der Waals surface area contributed by atoms with Gasteiger partial charge in [0.2, 0.25) is 0 Å². The fourth-order valence-corrected chi connectivity index (χ4v) is 1.11. The first-order valence-corrected chi connectivity index (χ1v) is 4.21. The second-order valence-electron chi connectivity index (χ2n) is 2.73. The third kappa shape index (κ3) is 2.82. The van der Waals surface area contributed by atoms with E-state index in [0.717, 1.165) is 5.69 Å². The molecule has 1 aromatic rings. The van der Waals surface area contributed by atoms with Crippen LogP contribution in [0, 0.1) is 6.92 Å². The van der Waals surface area contributed by atoms with Gasteiger partial charge in [0.05, 0.1) is 10.7 Å². The van der Waals surface area contributed by atoms with Gasteiger partial charge in [-0.1, -0.05) is 11.6 Å². The summed E-state index contributed by atoms with van der Waals surface area (Å²) in [6.07, 6.45) is 1.63. The highest BCUT2D eigenvalue weighted by atomic mass is 35.5. The van der Waals surface area contributed by atoms with Crippen LogP contribution in [-0.4, -0.2) is 29.3 Å². The molecule has 1 aromatic heterocycles. The standard InChI is InChI=1S/C8H11ClN2O2/c1-6-8(9)4-11(10-6)3-7(12)5-13-2/h4H,3,5H2,1-2H3. The number of aromatic nitrogens is 2. The topological polar surface area (TPSA) is 44.1 Å². The molecular weight excluding hydrogens is 192 g/mol. The van der Waals surface area contributed by atoms with Crippen LogP contribution in [0.5, 0.6) is 0 Å². The fraction of sp³-hybridized carbons (Fsp3) is 0.500. The first kappa shape index (κ1) is 10.2. The van der Waals surface area contributed by atoms with E-state index in [1.165, 1.54) is 11.8 Å². The Balaban J connectivity index is 2.59. The van der Waals surface area contributed by atoms with Gasteiger partial charge in [0.25, 0.3) is 0 Å². The molecular formula is C8H11ClN2O2. The smallest absolute Gasteiger partial charge is 0.179 e. The largest absolute Gasteiger partial charge is 0.377 e. The SMILES string of the molecule is COCC(=O)Cn1cc(Cl)c(C)n1. The van der Waals surface area contributed by atoms with Gasteiger partial charge in [-0.05, 0) is 6.92 Å². The van der Waals surface area contributed by atoms with Crippen LogP contribution in [0.2, 0.25) is 5.02 Å². The summed E-state index contributed by atoms with van der Waals surface area (Å²) in [7, 11) is 1.49. The number of ether oxygens (including phenoxy) is 1. The van der Waals surface area contributed by atoms with Crippen molar-refractivity contribution in [3.8, 4) is 0 Å². The molecule has 0 aliphatic rings. The predicted molar refractivity (Wildman–Crippen MR) is 48.9 cm³/mol. The summed E-state index contributed by atoms with van der Waals surface area (Å²) in [5.41, 5.74) is 0.729. The van der Waals surface area contributed by atoms with Crippen molar-refractivity contribution in [1.29, 1.82) is 0 Å². The highest BCUT2D eigenvalue weighted by Crippen LogP contribution is 2.11. The number of hydrogen-bond donors (Lipinski definition) is 0. The van der Waals surface area contributed by atoms with Crippen LogP contribution in [0.3, 0.4) is 0 Å². The first-order chi connectivity index (χ1) is 6.13. The summed E-state index contributed by atoms with van der Waals surface area (Å²) in [6.45, 7) is 2.11. The van der Waals surface area contributed by atoms with Crippen molar-refractivity contribution in [3.63, 3.8) is 0 Å². The number of carbonyl (C=O) groups is 1. The third-order valence-electron chi connectivity index (χ3n) is 1.53. The van der Waals surface area contributed by atoms with E-state index >= 15 is 0 Å². The molecule has 0 saturated heterocycles. The van der Waals surface area contributed by atoms with Crippen LogP contribution >= 0.6 is 11.6 Å². The molecule has 72 valence electrons. The van der Waals surface area contributed by atoms with E-state index in [4.69, 9.17) is 11.6 Å². The Hall–Kier alpha value is -0.870. The van der Waals surface area contributed by atoms with Gasteiger partial charge in [0.15, 0.2) is 5.78 Å². The Labute approximate surface area is 81.4 Å². The maximum Gasteiger partial charge on any atom is 0.179 e. The molecule has 0 spiro atoms. The molecule has 0 fully saturated rings. The quantitative estimate of drug-likeness (QED) is 0.734. The van der Waals surface area contributed by atoms with Crippen molar-refractivity contribution in [1.82, 2.24) is 9.78 Å². The number of carbonyl (C=O) groups excluding carboxylic acids is 1. The second kappa shape index (κ2) is 4.39. The Morgan fingerprint density at radius 2 is 2.46 bits per heavy atom. The maximum absolute atomic E-state index is 11.1. The highest BCUT2D eigenvalue weighted by Gasteiger charge is 2.06. The lowest BCUT2D eigenvalue weighted by Crippen LogP contribution is -2.15. The van der Waals surface area contributed by atoms with Crippen LogP contribution < -0.4 is 0 Å². The molecule has 0 atom stereocenters. The van der Waals surface area contributed by atoms with Crippen molar-refractivity contribution < 1.29 is 9.53 Å². The lowest BCUT2D eigenvalue weighted by atomic mass is 10.4. The summed E-state index contributed by atoms with van der Waals surface area (Å²) in [5, 5.41) is 4.62. The summed E-state index contributed by atoms with van der Waals surface area (Å²) < 4.78 is 6.20. The molecule has 0 amide bonds. The average molecular weight is 203 g/mol. The summed E-state index contributed by atoms with van der Waals surface area (Å²) >= 11 is 5.76. The van der Waals surface area contributed by atoms with Gasteiger partial charge in [-0.15, -0.1) is 0 Å². The van der Waals surface area contributed by atoms with Crippen LogP contribution in [0.15, 0.2) is 6.20 Å². The Bertz CT molecular complexity index is 290.